The van der Waals surface area contributed by atoms with E-state index in [1.165, 1.54) is 0 Å². The minimum atomic E-state index is 0.707. The third kappa shape index (κ3) is 1.80. The molecule has 0 aliphatic rings. The molecule has 1 aromatic heterocycles. The Labute approximate surface area is 60.1 Å². The summed E-state index contributed by atoms with van der Waals surface area (Å²) >= 11 is 0. The van der Waals surface area contributed by atoms with Gasteiger partial charge >= 0.3 is 0 Å². The molecule has 56 valence electrons. The Morgan fingerprint density at radius 2 is 2.50 bits per heavy atom. The van der Waals surface area contributed by atoms with Crippen molar-refractivity contribution in [1.82, 2.24) is 14.8 Å². The summed E-state index contributed by atoms with van der Waals surface area (Å²) in [5.74, 6) is 0.882. The summed E-state index contributed by atoms with van der Waals surface area (Å²) in [5, 5.41) is 4.10. The Balaban J connectivity index is 2.42. The fourth-order valence-electron chi connectivity index (χ4n) is 0.759. The monoisotopic (exact) mass is 140 g/mol. The van der Waals surface area contributed by atoms with E-state index in [-0.39, 0.29) is 0 Å². The third-order valence-electron chi connectivity index (χ3n) is 1.25. The molecule has 0 fully saturated rings. The molecular formula is C6H12N4. The maximum absolute atomic E-state index is 5.32. The lowest BCUT2D eigenvalue weighted by Crippen LogP contribution is -2.01. The van der Waals surface area contributed by atoms with Crippen molar-refractivity contribution in [3.05, 3.63) is 12.2 Å². The van der Waals surface area contributed by atoms with E-state index in [4.69, 9.17) is 5.73 Å². The lowest BCUT2D eigenvalue weighted by atomic mass is 10.3. The second kappa shape index (κ2) is 3.31. The number of aryl methyl sites for hydroxylation is 2. The van der Waals surface area contributed by atoms with Gasteiger partial charge in [-0.25, -0.2) is 4.98 Å². The zero-order chi connectivity index (χ0) is 7.40. The molecule has 0 atom stereocenters. The quantitative estimate of drug-likeness (QED) is 0.627. The van der Waals surface area contributed by atoms with Gasteiger partial charge in [-0.05, 0) is 13.0 Å². The first-order chi connectivity index (χ1) is 4.83. The van der Waals surface area contributed by atoms with E-state index in [9.17, 15) is 0 Å². The van der Waals surface area contributed by atoms with Crippen LogP contribution < -0.4 is 5.73 Å². The average Bonchev–Trinajstić information content (AvgIpc) is 2.31. The molecule has 0 saturated carbocycles. The number of nitrogens with zero attached hydrogens (tertiary/aromatic N) is 3. The standard InChI is InChI=1S/C6H12N4/c1-10-5-8-6(9-10)3-2-4-7/h5H,2-4,7H2,1H3. The maximum Gasteiger partial charge on any atom is 0.150 e. The summed E-state index contributed by atoms with van der Waals surface area (Å²) < 4.78 is 1.70. The first-order valence-corrected chi connectivity index (χ1v) is 3.37. The molecular weight excluding hydrogens is 128 g/mol. The van der Waals surface area contributed by atoms with Crippen LogP contribution in [0.15, 0.2) is 6.33 Å². The van der Waals surface area contributed by atoms with Crippen LogP contribution >= 0.6 is 0 Å². The van der Waals surface area contributed by atoms with E-state index < -0.39 is 0 Å². The van der Waals surface area contributed by atoms with E-state index in [0.717, 1.165) is 18.7 Å². The predicted molar refractivity (Wildman–Crippen MR) is 38.4 cm³/mol. The summed E-state index contributed by atoms with van der Waals surface area (Å²) in [6.07, 6.45) is 3.55. The second-order valence-corrected chi connectivity index (χ2v) is 2.23. The summed E-state index contributed by atoms with van der Waals surface area (Å²) in [4.78, 5) is 4.05. The van der Waals surface area contributed by atoms with Gasteiger partial charge in [0.1, 0.15) is 6.33 Å². The Morgan fingerprint density at radius 3 is 3.00 bits per heavy atom. The first-order valence-electron chi connectivity index (χ1n) is 3.37. The zero-order valence-corrected chi connectivity index (χ0v) is 6.12. The van der Waals surface area contributed by atoms with Crippen molar-refractivity contribution in [3.8, 4) is 0 Å². The Hall–Kier alpha value is -0.900. The van der Waals surface area contributed by atoms with Crippen molar-refractivity contribution in [2.75, 3.05) is 6.54 Å². The summed E-state index contributed by atoms with van der Waals surface area (Å²) in [6.45, 7) is 0.707. The Kier molecular flexibility index (Phi) is 2.39. The van der Waals surface area contributed by atoms with Gasteiger partial charge in [0.25, 0.3) is 0 Å². The normalized spacial score (nSPS) is 10.2. The molecule has 0 aliphatic heterocycles. The molecule has 0 unspecified atom stereocenters. The largest absolute Gasteiger partial charge is 0.330 e. The van der Waals surface area contributed by atoms with Gasteiger partial charge in [0.2, 0.25) is 0 Å². The van der Waals surface area contributed by atoms with Gasteiger partial charge in [0.15, 0.2) is 5.82 Å². The summed E-state index contributed by atoms with van der Waals surface area (Å²) in [5.41, 5.74) is 5.32. The lowest BCUT2D eigenvalue weighted by molar-refractivity contribution is 0.721. The molecule has 4 nitrogen and oxygen atoms in total. The minimum absolute atomic E-state index is 0.707. The molecule has 0 saturated heterocycles. The number of rotatable bonds is 3. The Morgan fingerprint density at radius 1 is 1.70 bits per heavy atom. The van der Waals surface area contributed by atoms with Crippen molar-refractivity contribution in [2.24, 2.45) is 12.8 Å². The third-order valence-corrected chi connectivity index (χ3v) is 1.25. The molecule has 0 bridgehead atoms. The first kappa shape index (κ1) is 7.21. The van der Waals surface area contributed by atoms with Gasteiger partial charge in [-0.3, -0.25) is 4.68 Å². The van der Waals surface area contributed by atoms with Crippen LogP contribution in [0.25, 0.3) is 0 Å². The molecule has 1 aromatic rings. The van der Waals surface area contributed by atoms with Gasteiger partial charge in [-0.15, -0.1) is 0 Å². The van der Waals surface area contributed by atoms with Gasteiger partial charge in [-0.2, -0.15) is 5.10 Å². The molecule has 2 N–H and O–H groups in total. The fourth-order valence-corrected chi connectivity index (χ4v) is 0.759. The van der Waals surface area contributed by atoms with Crippen LogP contribution in [-0.4, -0.2) is 21.3 Å². The minimum Gasteiger partial charge on any atom is -0.330 e. The number of hydrogen-bond acceptors (Lipinski definition) is 3. The highest BCUT2D eigenvalue weighted by molar-refractivity contribution is 4.80. The smallest absolute Gasteiger partial charge is 0.150 e. The van der Waals surface area contributed by atoms with Crippen molar-refractivity contribution < 1.29 is 0 Å². The van der Waals surface area contributed by atoms with Gasteiger partial charge in [-0.1, -0.05) is 0 Å². The van der Waals surface area contributed by atoms with Crippen LogP contribution in [0.1, 0.15) is 12.2 Å². The highest BCUT2D eigenvalue weighted by Gasteiger charge is 1.95. The van der Waals surface area contributed by atoms with Crippen LogP contribution in [0.2, 0.25) is 0 Å². The van der Waals surface area contributed by atoms with E-state index in [2.05, 4.69) is 10.1 Å². The van der Waals surface area contributed by atoms with Gasteiger partial charge < -0.3 is 5.73 Å². The molecule has 4 heteroatoms. The predicted octanol–water partition coefficient (Wildman–Crippen LogP) is -0.294. The molecule has 1 rings (SSSR count). The molecule has 0 radical (unpaired) electrons. The Bertz CT molecular complexity index is 193. The van der Waals surface area contributed by atoms with Gasteiger partial charge in [0.05, 0.1) is 0 Å². The van der Waals surface area contributed by atoms with E-state index in [0.29, 0.717) is 6.54 Å². The highest BCUT2D eigenvalue weighted by Crippen LogP contribution is 1.91. The molecule has 0 aromatic carbocycles. The summed E-state index contributed by atoms with van der Waals surface area (Å²) in [6, 6.07) is 0. The zero-order valence-electron chi connectivity index (χ0n) is 6.12. The van der Waals surface area contributed by atoms with Crippen molar-refractivity contribution in [2.45, 2.75) is 12.8 Å². The SMILES string of the molecule is Cn1cnc(CCCN)n1. The number of hydrogen-bond donors (Lipinski definition) is 1. The number of aromatic nitrogens is 3. The topological polar surface area (TPSA) is 56.7 Å². The fraction of sp³-hybridized carbons (Fsp3) is 0.667. The van der Waals surface area contributed by atoms with Gasteiger partial charge in [0, 0.05) is 13.5 Å². The van der Waals surface area contributed by atoms with Crippen LogP contribution in [0.3, 0.4) is 0 Å². The lowest BCUT2D eigenvalue weighted by Gasteiger charge is -1.89. The van der Waals surface area contributed by atoms with Crippen LogP contribution in [0.4, 0.5) is 0 Å². The van der Waals surface area contributed by atoms with Crippen molar-refractivity contribution >= 4 is 0 Å². The van der Waals surface area contributed by atoms with Crippen LogP contribution in [0, 0.1) is 0 Å². The van der Waals surface area contributed by atoms with E-state index >= 15 is 0 Å². The second-order valence-electron chi connectivity index (χ2n) is 2.23. The molecule has 10 heavy (non-hydrogen) atoms. The number of nitrogens with two attached hydrogens (primary N) is 1. The van der Waals surface area contributed by atoms with Crippen molar-refractivity contribution in [3.63, 3.8) is 0 Å². The van der Waals surface area contributed by atoms with E-state index in [1.54, 1.807) is 11.0 Å². The summed E-state index contributed by atoms with van der Waals surface area (Å²) in [7, 11) is 1.86. The van der Waals surface area contributed by atoms with Crippen LogP contribution in [0.5, 0.6) is 0 Å². The van der Waals surface area contributed by atoms with E-state index in [1.807, 2.05) is 7.05 Å². The molecule has 1 heterocycles. The highest BCUT2D eigenvalue weighted by atomic mass is 15.3. The molecule has 0 spiro atoms. The average molecular weight is 140 g/mol. The van der Waals surface area contributed by atoms with Crippen LogP contribution in [-0.2, 0) is 13.5 Å². The molecule has 0 amide bonds. The maximum atomic E-state index is 5.32. The van der Waals surface area contributed by atoms with Crippen molar-refractivity contribution in [1.29, 1.82) is 0 Å². The molecule has 0 aliphatic carbocycles.